The fourth-order valence-corrected chi connectivity index (χ4v) is 12.2. The molecular formula is C63H40N8. The van der Waals surface area contributed by atoms with Crippen LogP contribution in [0.4, 0.5) is 11.5 Å². The number of hydrogen-bond acceptors (Lipinski definition) is 4. The lowest BCUT2D eigenvalue weighted by atomic mass is 9.86. The molecule has 0 amide bonds. The Morgan fingerprint density at radius 2 is 0.732 bits per heavy atom. The molecule has 0 bridgehead atoms. The van der Waals surface area contributed by atoms with Gasteiger partial charge in [0.25, 0.3) is 0 Å². The first-order valence-corrected chi connectivity index (χ1v) is 24.3. The molecule has 1 atom stereocenters. The fourth-order valence-electron chi connectivity index (χ4n) is 12.2. The summed E-state index contributed by atoms with van der Waals surface area (Å²) < 4.78 is 9.23. The van der Waals surface area contributed by atoms with Gasteiger partial charge in [-0.1, -0.05) is 152 Å². The molecule has 0 saturated heterocycles. The first-order chi connectivity index (χ1) is 35.2. The first-order valence-electron chi connectivity index (χ1n) is 24.3. The molecule has 1 unspecified atom stereocenters. The number of hydrogen-bond donors (Lipinski definition) is 0. The Labute approximate surface area is 406 Å². The van der Waals surface area contributed by atoms with Gasteiger partial charge in [0.05, 0.1) is 50.0 Å². The maximum absolute atomic E-state index is 5.68. The molecule has 0 N–H and O–H groups in total. The van der Waals surface area contributed by atoms with Crippen LogP contribution in [-0.4, -0.2) is 33.2 Å². The molecule has 1 aliphatic carbocycles. The lowest BCUT2D eigenvalue weighted by molar-refractivity contribution is 0.789. The normalized spacial score (nSPS) is 14.3. The van der Waals surface area contributed by atoms with Crippen LogP contribution in [0.15, 0.2) is 224 Å². The summed E-state index contributed by atoms with van der Waals surface area (Å²) in [4.78, 5) is 19.3. The Kier molecular flexibility index (Phi) is 7.85. The topological polar surface area (TPSA) is 61.6 Å². The molecule has 71 heavy (non-hydrogen) atoms. The van der Waals surface area contributed by atoms with Crippen LogP contribution in [0.25, 0.3) is 106 Å². The summed E-state index contributed by atoms with van der Waals surface area (Å²) in [5.41, 5.74) is 13.7. The summed E-state index contributed by atoms with van der Waals surface area (Å²) in [6.45, 7) is 0. The molecule has 8 nitrogen and oxygen atoms in total. The van der Waals surface area contributed by atoms with Gasteiger partial charge in [0.2, 0.25) is 5.95 Å². The average molecular weight is 909 g/mol. The van der Waals surface area contributed by atoms with Crippen molar-refractivity contribution in [2.24, 2.45) is 0 Å². The van der Waals surface area contributed by atoms with E-state index in [1.807, 2.05) is 0 Å². The van der Waals surface area contributed by atoms with E-state index in [0.29, 0.717) is 5.95 Å². The maximum Gasteiger partial charge on any atom is 0.238 e. The van der Waals surface area contributed by atoms with Gasteiger partial charge in [0.1, 0.15) is 23.3 Å². The molecule has 0 saturated carbocycles. The van der Waals surface area contributed by atoms with Crippen molar-refractivity contribution in [2.75, 3.05) is 4.90 Å². The predicted molar refractivity (Wildman–Crippen MR) is 289 cm³/mol. The summed E-state index contributed by atoms with van der Waals surface area (Å²) in [5.74, 6) is 4.03. The van der Waals surface area contributed by atoms with Crippen molar-refractivity contribution in [3.8, 4) is 23.4 Å². The standard InChI is InChI=1S/C63H40N8/c1-9-26-49-39(18-1)40-19-2-10-27-50(40)67(49)59-34-17-35-60(64-59)70-55-32-15-7-24-45(55)47-36-48-46-25-8-16-33-56(46)71(58(48)37-57(47)70)63-65-61(68-51-28-11-3-20-41(51)42-21-4-12-29-52(42)68)38-62(66-63)69-53-30-13-5-22-43(53)44-23-6-14-31-54(44)69/h1-35,37-38,47H,36H2. The molecule has 16 rings (SSSR count). The summed E-state index contributed by atoms with van der Waals surface area (Å²) in [6.07, 6.45) is 3.20. The molecule has 14 aromatic rings. The van der Waals surface area contributed by atoms with Gasteiger partial charge in [-0.05, 0) is 84.3 Å². The number of rotatable bonds is 5. The second-order valence-corrected chi connectivity index (χ2v) is 18.8. The number of aromatic nitrogens is 7. The largest absolute Gasteiger partial charge is 0.298 e. The average Bonchev–Trinajstić information content (AvgIpc) is 4.22. The lowest BCUT2D eigenvalue weighted by Crippen LogP contribution is -2.20. The molecule has 8 heteroatoms. The van der Waals surface area contributed by atoms with Crippen molar-refractivity contribution in [1.29, 1.82) is 0 Å². The molecule has 6 aromatic heterocycles. The summed E-state index contributed by atoms with van der Waals surface area (Å²) >= 11 is 0. The minimum atomic E-state index is 0.106. The van der Waals surface area contributed by atoms with Gasteiger partial charge in [0, 0.05) is 55.4 Å². The highest BCUT2D eigenvalue weighted by atomic mass is 15.3. The van der Waals surface area contributed by atoms with E-state index in [-0.39, 0.29) is 5.92 Å². The summed E-state index contributed by atoms with van der Waals surface area (Å²) in [7, 11) is 0. The van der Waals surface area contributed by atoms with Crippen LogP contribution in [0.2, 0.25) is 0 Å². The molecule has 7 heterocycles. The van der Waals surface area contributed by atoms with E-state index in [1.54, 1.807) is 0 Å². The fraction of sp³-hybridized carbons (Fsp3) is 0.0317. The number of benzene rings is 8. The van der Waals surface area contributed by atoms with E-state index >= 15 is 0 Å². The number of anilines is 2. The minimum absolute atomic E-state index is 0.106. The van der Waals surface area contributed by atoms with Crippen molar-refractivity contribution >= 4 is 93.9 Å². The monoisotopic (exact) mass is 908 g/mol. The van der Waals surface area contributed by atoms with Gasteiger partial charge in [-0.15, -0.1) is 0 Å². The van der Waals surface area contributed by atoms with Crippen molar-refractivity contribution in [2.45, 2.75) is 12.3 Å². The Hall–Kier alpha value is -9.53. The van der Waals surface area contributed by atoms with Gasteiger partial charge < -0.3 is 0 Å². The van der Waals surface area contributed by atoms with E-state index in [0.717, 1.165) is 79.7 Å². The summed E-state index contributed by atoms with van der Waals surface area (Å²) in [5, 5.41) is 8.34. The number of fused-ring (bicyclic) bond motifs is 15. The summed E-state index contributed by atoms with van der Waals surface area (Å²) in [6, 6.07) is 78.1. The third-order valence-corrected chi connectivity index (χ3v) is 15.1. The van der Waals surface area contributed by atoms with Crippen molar-refractivity contribution < 1.29 is 0 Å². The molecular weight excluding hydrogens is 869 g/mol. The zero-order valence-electron chi connectivity index (χ0n) is 38.2. The minimum Gasteiger partial charge on any atom is -0.298 e. The second-order valence-electron chi connectivity index (χ2n) is 18.8. The zero-order chi connectivity index (χ0) is 46.3. The Morgan fingerprint density at radius 3 is 1.23 bits per heavy atom. The highest BCUT2D eigenvalue weighted by molar-refractivity contribution is 6.11. The van der Waals surface area contributed by atoms with E-state index < -0.39 is 0 Å². The second kappa shape index (κ2) is 14.5. The van der Waals surface area contributed by atoms with Crippen LogP contribution in [0, 0.1) is 0 Å². The van der Waals surface area contributed by atoms with Crippen LogP contribution in [0.1, 0.15) is 22.7 Å². The Balaban J connectivity index is 0.955. The van der Waals surface area contributed by atoms with Gasteiger partial charge in [0.15, 0.2) is 0 Å². The molecule has 0 spiro atoms. The van der Waals surface area contributed by atoms with Crippen LogP contribution in [-0.2, 0) is 6.42 Å². The Bertz CT molecular complexity index is 4310. The molecule has 0 fully saturated rings. The first kappa shape index (κ1) is 38.4. The van der Waals surface area contributed by atoms with E-state index in [9.17, 15) is 0 Å². The quantitative estimate of drug-likeness (QED) is 0.173. The van der Waals surface area contributed by atoms with E-state index in [1.165, 1.54) is 54.5 Å². The maximum atomic E-state index is 5.68. The predicted octanol–water partition coefficient (Wildman–Crippen LogP) is 14.9. The van der Waals surface area contributed by atoms with E-state index in [2.05, 4.69) is 248 Å². The molecule has 332 valence electrons. The number of para-hydroxylation sites is 8. The van der Waals surface area contributed by atoms with Gasteiger partial charge >= 0.3 is 0 Å². The van der Waals surface area contributed by atoms with Crippen molar-refractivity contribution in [1.82, 2.24) is 33.2 Å². The van der Waals surface area contributed by atoms with Crippen LogP contribution in [0.3, 0.4) is 0 Å². The Morgan fingerprint density at radius 1 is 0.338 bits per heavy atom. The van der Waals surface area contributed by atoms with Gasteiger partial charge in [-0.3, -0.25) is 23.2 Å². The number of nitrogens with zero attached hydrogens (tertiary/aromatic N) is 8. The van der Waals surface area contributed by atoms with Crippen LogP contribution >= 0.6 is 0 Å². The van der Waals surface area contributed by atoms with Crippen LogP contribution < -0.4 is 4.90 Å². The third-order valence-electron chi connectivity index (χ3n) is 15.1. The molecule has 1 aliphatic heterocycles. The van der Waals surface area contributed by atoms with Crippen LogP contribution in [0.5, 0.6) is 0 Å². The highest BCUT2D eigenvalue weighted by Gasteiger charge is 2.40. The van der Waals surface area contributed by atoms with Crippen molar-refractivity contribution in [3.05, 3.63) is 241 Å². The van der Waals surface area contributed by atoms with Gasteiger partial charge in [-0.2, -0.15) is 9.97 Å². The van der Waals surface area contributed by atoms with E-state index in [4.69, 9.17) is 15.0 Å². The van der Waals surface area contributed by atoms with Crippen molar-refractivity contribution in [3.63, 3.8) is 0 Å². The molecule has 2 aliphatic rings. The molecule has 0 radical (unpaired) electrons. The SMILES string of the molecule is C1=C2C(Cc3c1n(-c1nc(-n4c5ccccc5c5ccccc54)cc(-n4c5ccccc5c5ccccc54)n1)c1ccccc31)c1ccccc1N2c1cccc(-n2c3ccccc3c3ccccc32)n1. The zero-order valence-corrected chi connectivity index (χ0v) is 38.2. The van der Waals surface area contributed by atoms with Gasteiger partial charge in [-0.25, -0.2) is 4.98 Å². The number of pyridine rings is 1. The molecule has 8 aromatic carbocycles. The smallest absolute Gasteiger partial charge is 0.238 e. The third kappa shape index (κ3) is 5.36. The lowest BCUT2D eigenvalue weighted by Gasteiger charge is -2.26. The number of allylic oxidation sites excluding steroid dienone is 1. The highest BCUT2D eigenvalue weighted by Crippen LogP contribution is 2.53.